The standard InChI is InChI=1S/C21H29N3O4S/c1-5-19(17-10-8-14(2)9-11-17)22-21(25)18-7-6-12-24(13-18)29(26,27)20-15(3)23-28-16(20)4/h8-11,18-19H,5-7,12-13H2,1-4H3,(H,22,25). The van der Waals surface area contributed by atoms with Crippen LogP contribution in [0, 0.1) is 26.7 Å². The molecule has 2 heterocycles. The summed E-state index contributed by atoms with van der Waals surface area (Å²) in [7, 11) is -3.74. The van der Waals surface area contributed by atoms with Gasteiger partial charge in [0.1, 0.15) is 10.6 Å². The summed E-state index contributed by atoms with van der Waals surface area (Å²) >= 11 is 0. The Balaban J connectivity index is 1.73. The molecular weight excluding hydrogens is 390 g/mol. The molecule has 0 spiro atoms. The molecule has 1 N–H and O–H groups in total. The number of aryl methyl sites for hydroxylation is 3. The summed E-state index contributed by atoms with van der Waals surface area (Å²) in [4.78, 5) is 13.1. The Hall–Kier alpha value is -2.19. The van der Waals surface area contributed by atoms with Crippen molar-refractivity contribution < 1.29 is 17.7 Å². The van der Waals surface area contributed by atoms with Crippen LogP contribution in [0.5, 0.6) is 0 Å². The Morgan fingerprint density at radius 2 is 1.97 bits per heavy atom. The van der Waals surface area contributed by atoms with E-state index < -0.39 is 10.0 Å². The monoisotopic (exact) mass is 419 g/mol. The molecular formula is C21H29N3O4S. The minimum absolute atomic E-state index is 0.0855. The molecule has 8 heteroatoms. The maximum atomic E-state index is 13.1. The summed E-state index contributed by atoms with van der Waals surface area (Å²) in [5.41, 5.74) is 2.57. The zero-order valence-electron chi connectivity index (χ0n) is 17.4. The van der Waals surface area contributed by atoms with E-state index in [1.807, 2.05) is 38.1 Å². The van der Waals surface area contributed by atoms with Gasteiger partial charge in [-0.1, -0.05) is 41.9 Å². The summed E-state index contributed by atoms with van der Waals surface area (Å²) in [6, 6.07) is 8.03. The van der Waals surface area contributed by atoms with Crippen molar-refractivity contribution in [2.24, 2.45) is 5.92 Å². The number of sulfonamides is 1. The van der Waals surface area contributed by atoms with Gasteiger partial charge < -0.3 is 9.84 Å². The van der Waals surface area contributed by atoms with Gasteiger partial charge in [0.25, 0.3) is 0 Å². The molecule has 158 valence electrons. The molecule has 2 atom stereocenters. The van der Waals surface area contributed by atoms with Crippen molar-refractivity contribution in [3.05, 3.63) is 46.8 Å². The van der Waals surface area contributed by atoms with Gasteiger partial charge in [0, 0.05) is 13.1 Å². The molecule has 0 aliphatic carbocycles. The second kappa shape index (κ2) is 8.67. The van der Waals surface area contributed by atoms with E-state index in [0.29, 0.717) is 25.1 Å². The number of nitrogens with one attached hydrogen (secondary N) is 1. The largest absolute Gasteiger partial charge is 0.360 e. The van der Waals surface area contributed by atoms with Crippen molar-refractivity contribution in [1.29, 1.82) is 0 Å². The van der Waals surface area contributed by atoms with Gasteiger partial charge in [-0.2, -0.15) is 4.31 Å². The van der Waals surface area contributed by atoms with Crippen LogP contribution >= 0.6 is 0 Å². The number of nitrogens with zero attached hydrogens (tertiary/aromatic N) is 2. The van der Waals surface area contributed by atoms with Gasteiger partial charge in [-0.25, -0.2) is 8.42 Å². The third-order valence-corrected chi connectivity index (χ3v) is 7.64. The Morgan fingerprint density at radius 1 is 1.28 bits per heavy atom. The van der Waals surface area contributed by atoms with Crippen LogP contribution in [0.3, 0.4) is 0 Å². The average molecular weight is 420 g/mol. The first-order chi connectivity index (χ1) is 13.7. The molecule has 1 amide bonds. The minimum atomic E-state index is -3.74. The Morgan fingerprint density at radius 3 is 2.55 bits per heavy atom. The summed E-state index contributed by atoms with van der Waals surface area (Å²) < 4.78 is 32.6. The predicted octanol–water partition coefficient (Wildman–Crippen LogP) is 3.27. The first-order valence-electron chi connectivity index (χ1n) is 10.0. The summed E-state index contributed by atoms with van der Waals surface area (Å²) in [6.45, 7) is 7.83. The predicted molar refractivity (Wildman–Crippen MR) is 110 cm³/mol. The van der Waals surface area contributed by atoms with Crippen molar-refractivity contribution >= 4 is 15.9 Å². The van der Waals surface area contributed by atoms with E-state index in [4.69, 9.17) is 4.52 Å². The lowest BCUT2D eigenvalue weighted by atomic mass is 9.97. The number of amides is 1. The SMILES string of the molecule is CCC(NC(=O)C1CCCN(S(=O)(=O)c2c(C)noc2C)C1)c1ccc(C)cc1. The number of carbonyl (C=O) groups excluding carboxylic acids is 1. The smallest absolute Gasteiger partial charge is 0.248 e. The first-order valence-corrected chi connectivity index (χ1v) is 11.5. The zero-order valence-corrected chi connectivity index (χ0v) is 18.3. The van der Waals surface area contributed by atoms with Gasteiger partial charge in [0.15, 0.2) is 5.76 Å². The highest BCUT2D eigenvalue weighted by atomic mass is 32.2. The Kier molecular flexibility index (Phi) is 6.43. The number of carbonyl (C=O) groups is 1. The van der Waals surface area contributed by atoms with Crippen molar-refractivity contribution in [2.45, 2.75) is 57.9 Å². The second-order valence-corrected chi connectivity index (χ2v) is 9.61. The van der Waals surface area contributed by atoms with Crippen LogP contribution in [0.1, 0.15) is 54.8 Å². The lowest BCUT2D eigenvalue weighted by molar-refractivity contribution is -0.126. The average Bonchev–Trinajstić information content (AvgIpc) is 3.05. The minimum Gasteiger partial charge on any atom is -0.360 e. The molecule has 1 aromatic carbocycles. The summed E-state index contributed by atoms with van der Waals surface area (Å²) in [5.74, 6) is -0.200. The molecule has 1 aliphatic heterocycles. The normalized spacial score (nSPS) is 19.1. The molecule has 2 aromatic rings. The first kappa shape index (κ1) is 21.5. The molecule has 29 heavy (non-hydrogen) atoms. The highest BCUT2D eigenvalue weighted by Crippen LogP contribution is 2.28. The van der Waals surface area contributed by atoms with Crippen LogP contribution in [0.15, 0.2) is 33.7 Å². The molecule has 7 nitrogen and oxygen atoms in total. The zero-order chi connectivity index (χ0) is 21.2. The maximum Gasteiger partial charge on any atom is 0.248 e. The third-order valence-electron chi connectivity index (χ3n) is 5.53. The van der Waals surface area contributed by atoms with Crippen molar-refractivity contribution in [3.8, 4) is 0 Å². The van der Waals surface area contributed by atoms with Gasteiger partial charge >= 0.3 is 0 Å². The fraction of sp³-hybridized carbons (Fsp3) is 0.524. The number of piperidine rings is 1. The van der Waals surface area contributed by atoms with E-state index in [0.717, 1.165) is 12.0 Å². The highest BCUT2D eigenvalue weighted by Gasteiger charge is 2.36. The lowest BCUT2D eigenvalue weighted by Gasteiger charge is -2.32. The summed E-state index contributed by atoms with van der Waals surface area (Å²) in [6.07, 6.45) is 2.08. The molecule has 1 aromatic heterocycles. The van der Waals surface area contributed by atoms with E-state index in [-0.39, 0.29) is 35.1 Å². The van der Waals surface area contributed by atoms with Crippen LogP contribution in [0.2, 0.25) is 0 Å². The van der Waals surface area contributed by atoms with Gasteiger partial charge in [0.2, 0.25) is 15.9 Å². The van der Waals surface area contributed by atoms with Crippen LogP contribution in [0.4, 0.5) is 0 Å². The third kappa shape index (κ3) is 4.53. The Labute approximate surface area is 172 Å². The maximum absolute atomic E-state index is 13.1. The van der Waals surface area contributed by atoms with Gasteiger partial charge in [-0.3, -0.25) is 4.79 Å². The molecule has 3 rings (SSSR count). The fourth-order valence-corrected chi connectivity index (χ4v) is 5.67. The molecule has 1 fully saturated rings. The molecule has 0 bridgehead atoms. The summed E-state index contributed by atoms with van der Waals surface area (Å²) in [5, 5.41) is 6.87. The van der Waals surface area contributed by atoms with Gasteiger partial charge in [-0.15, -0.1) is 0 Å². The molecule has 2 unspecified atom stereocenters. The number of hydrogen-bond acceptors (Lipinski definition) is 5. The van der Waals surface area contributed by atoms with Crippen LogP contribution in [-0.4, -0.2) is 36.9 Å². The highest BCUT2D eigenvalue weighted by molar-refractivity contribution is 7.89. The van der Waals surface area contributed by atoms with Crippen LogP contribution in [-0.2, 0) is 14.8 Å². The molecule has 1 aliphatic rings. The van der Waals surface area contributed by atoms with Crippen molar-refractivity contribution in [1.82, 2.24) is 14.8 Å². The quantitative estimate of drug-likeness (QED) is 0.776. The van der Waals surface area contributed by atoms with Gasteiger partial charge in [-0.05, 0) is 45.6 Å². The Bertz CT molecular complexity index is 947. The number of hydrogen-bond donors (Lipinski definition) is 1. The number of benzene rings is 1. The number of aromatic nitrogens is 1. The topological polar surface area (TPSA) is 92.5 Å². The van der Waals surface area contributed by atoms with Crippen molar-refractivity contribution in [2.75, 3.05) is 13.1 Å². The van der Waals surface area contributed by atoms with E-state index in [1.54, 1.807) is 13.8 Å². The van der Waals surface area contributed by atoms with E-state index >= 15 is 0 Å². The lowest BCUT2D eigenvalue weighted by Crippen LogP contribution is -2.46. The van der Waals surface area contributed by atoms with Crippen LogP contribution < -0.4 is 5.32 Å². The molecule has 0 radical (unpaired) electrons. The van der Waals surface area contributed by atoms with E-state index in [1.165, 1.54) is 9.87 Å². The van der Waals surface area contributed by atoms with E-state index in [2.05, 4.69) is 10.5 Å². The molecule has 1 saturated heterocycles. The van der Waals surface area contributed by atoms with Gasteiger partial charge in [0.05, 0.1) is 12.0 Å². The van der Waals surface area contributed by atoms with Crippen molar-refractivity contribution in [3.63, 3.8) is 0 Å². The van der Waals surface area contributed by atoms with E-state index in [9.17, 15) is 13.2 Å². The second-order valence-electron chi connectivity index (χ2n) is 7.74. The van der Waals surface area contributed by atoms with Crippen LogP contribution in [0.25, 0.3) is 0 Å². The molecule has 0 saturated carbocycles. The fourth-order valence-electron chi connectivity index (χ4n) is 3.86. The number of rotatable bonds is 6.